The fourth-order valence-electron chi connectivity index (χ4n) is 2.56. The minimum atomic E-state index is 0.760. The lowest BCUT2D eigenvalue weighted by molar-refractivity contribution is 0.200. The molecule has 3 heteroatoms. The number of rotatable bonds is 7. The zero-order valence-electron chi connectivity index (χ0n) is 10.8. The number of hydrogen-bond acceptors (Lipinski definition) is 3. The van der Waals surface area contributed by atoms with Crippen LogP contribution in [0.5, 0.6) is 0 Å². The molecule has 1 aliphatic carbocycles. The topological polar surface area (TPSA) is 35.2 Å². The molecule has 0 amide bonds. The maximum absolute atomic E-state index is 5.87. The molecule has 0 saturated heterocycles. The highest BCUT2D eigenvalue weighted by molar-refractivity contribution is 7.99. The molecule has 2 N–H and O–H groups in total. The predicted octanol–water partition coefficient (Wildman–Crippen LogP) is 2.91. The van der Waals surface area contributed by atoms with E-state index in [9.17, 15) is 0 Å². The molecule has 2 nitrogen and oxygen atoms in total. The molecule has 1 aliphatic rings. The van der Waals surface area contributed by atoms with Crippen LogP contribution in [0.1, 0.15) is 39.0 Å². The quantitative estimate of drug-likeness (QED) is 0.701. The third-order valence-corrected chi connectivity index (χ3v) is 5.27. The Hall–Kier alpha value is 0.270. The van der Waals surface area contributed by atoms with E-state index in [1.54, 1.807) is 7.11 Å². The van der Waals surface area contributed by atoms with Gasteiger partial charge in [0.05, 0.1) is 0 Å². The summed E-state index contributed by atoms with van der Waals surface area (Å²) in [5.74, 6) is 2.93. The molecule has 0 bridgehead atoms. The van der Waals surface area contributed by atoms with Crippen molar-refractivity contribution in [2.45, 2.75) is 44.3 Å². The summed E-state index contributed by atoms with van der Waals surface area (Å²) in [4.78, 5) is 0. The van der Waals surface area contributed by atoms with Crippen molar-refractivity contribution in [1.82, 2.24) is 0 Å². The molecule has 0 aliphatic heterocycles. The second-order valence-electron chi connectivity index (χ2n) is 4.84. The molecule has 1 rings (SSSR count). The van der Waals surface area contributed by atoms with Crippen molar-refractivity contribution >= 4 is 11.8 Å². The summed E-state index contributed by atoms with van der Waals surface area (Å²) < 4.78 is 5.09. The Kier molecular flexibility index (Phi) is 7.50. The highest BCUT2D eigenvalue weighted by Crippen LogP contribution is 2.37. The fraction of sp³-hybridized carbons (Fsp3) is 1.00. The van der Waals surface area contributed by atoms with Gasteiger partial charge >= 0.3 is 0 Å². The summed E-state index contributed by atoms with van der Waals surface area (Å²) in [6.07, 6.45) is 6.64. The molecule has 0 heterocycles. The monoisotopic (exact) mass is 245 g/mol. The number of hydrogen-bond donors (Lipinski definition) is 1. The average molecular weight is 245 g/mol. The average Bonchev–Trinajstić information content (AvgIpc) is 2.34. The van der Waals surface area contributed by atoms with E-state index in [1.165, 1.54) is 37.9 Å². The summed E-state index contributed by atoms with van der Waals surface area (Å²) >= 11 is 2.13. The maximum atomic E-state index is 5.87. The molecule has 96 valence electrons. The normalized spacial score (nSPS) is 30.6. The van der Waals surface area contributed by atoms with Crippen molar-refractivity contribution in [2.75, 3.05) is 26.0 Å². The Balaban J connectivity index is 2.27. The van der Waals surface area contributed by atoms with E-state index in [4.69, 9.17) is 10.5 Å². The van der Waals surface area contributed by atoms with Gasteiger partial charge in [-0.15, -0.1) is 0 Å². The number of thioether (sulfide) groups is 1. The van der Waals surface area contributed by atoms with Crippen molar-refractivity contribution in [3.05, 3.63) is 0 Å². The Labute approximate surface area is 105 Å². The van der Waals surface area contributed by atoms with Gasteiger partial charge in [-0.25, -0.2) is 0 Å². The van der Waals surface area contributed by atoms with Gasteiger partial charge in [0.15, 0.2) is 0 Å². The minimum absolute atomic E-state index is 0.760. The molecule has 0 radical (unpaired) electrons. The smallest absolute Gasteiger partial charge is 0.0470 e. The Bertz CT molecular complexity index is 177. The van der Waals surface area contributed by atoms with E-state index in [1.807, 2.05) is 0 Å². The molecule has 0 aromatic carbocycles. The lowest BCUT2D eigenvalue weighted by Crippen LogP contribution is -2.32. The largest absolute Gasteiger partial charge is 0.385 e. The van der Waals surface area contributed by atoms with Gasteiger partial charge < -0.3 is 10.5 Å². The van der Waals surface area contributed by atoms with Crippen LogP contribution in [0.25, 0.3) is 0 Å². The Morgan fingerprint density at radius 3 is 2.81 bits per heavy atom. The molecule has 0 spiro atoms. The van der Waals surface area contributed by atoms with Crippen LogP contribution in [0.15, 0.2) is 0 Å². The number of nitrogens with two attached hydrogens (primary N) is 1. The van der Waals surface area contributed by atoms with Crippen LogP contribution in [0.2, 0.25) is 0 Å². The minimum Gasteiger partial charge on any atom is -0.385 e. The molecule has 16 heavy (non-hydrogen) atoms. The molecule has 0 aromatic heterocycles. The predicted molar refractivity (Wildman–Crippen MR) is 72.9 cm³/mol. The van der Waals surface area contributed by atoms with Gasteiger partial charge in [0.2, 0.25) is 0 Å². The van der Waals surface area contributed by atoms with Gasteiger partial charge in [0, 0.05) is 19.0 Å². The number of ether oxygens (including phenoxy) is 1. The van der Waals surface area contributed by atoms with Gasteiger partial charge in [0.1, 0.15) is 0 Å². The van der Waals surface area contributed by atoms with Crippen molar-refractivity contribution in [3.63, 3.8) is 0 Å². The van der Waals surface area contributed by atoms with E-state index in [0.29, 0.717) is 0 Å². The van der Waals surface area contributed by atoms with E-state index in [-0.39, 0.29) is 0 Å². The van der Waals surface area contributed by atoms with Crippen LogP contribution in [0, 0.1) is 11.8 Å². The van der Waals surface area contributed by atoms with Crippen LogP contribution in [0.4, 0.5) is 0 Å². The summed E-state index contributed by atoms with van der Waals surface area (Å²) in [6, 6.07) is 0. The highest BCUT2D eigenvalue weighted by atomic mass is 32.2. The molecule has 1 fully saturated rings. The fourth-order valence-corrected chi connectivity index (χ4v) is 4.07. The molecule has 3 unspecified atom stereocenters. The first-order valence-corrected chi connectivity index (χ1v) is 7.67. The highest BCUT2D eigenvalue weighted by Gasteiger charge is 2.28. The van der Waals surface area contributed by atoms with Gasteiger partial charge in [-0.2, -0.15) is 11.8 Å². The zero-order valence-corrected chi connectivity index (χ0v) is 11.6. The Morgan fingerprint density at radius 2 is 2.19 bits per heavy atom. The standard InChI is InChI=1S/C13H27NOS/c1-3-11-5-6-12(10-14)13(9-11)16-8-4-7-15-2/h11-13H,3-10,14H2,1-2H3. The van der Waals surface area contributed by atoms with E-state index >= 15 is 0 Å². The first-order valence-electron chi connectivity index (χ1n) is 6.62. The molecule has 0 aromatic rings. The van der Waals surface area contributed by atoms with Crippen LogP contribution in [0.3, 0.4) is 0 Å². The van der Waals surface area contributed by atoms with Gasteiger partial charge in [0.25, 0.3) is 0 Å². The van der Waals surface area contributed by atoms with Crippen molar-refractivity contribution < 1.29 is 4.74 Å². The third kappa shape index (κ3) is 4.64. The Morgan fingerprint density at radius 1 is 1.38 bits per heavy atom. The maximum Gasteiger partial charge on any atom is 0.0470 e. The first kappa shape index (κ1) is 14.3. The second-order valence-corrected chi connectivity index (χ2v) is 6.19. The SMILES string of the molecule is CCC1CCC(CN)C(SCCCOC)C1. The van der Waals surface area contributed by atoms with Crippen LogP contribution < -0.4 is 5.73 Å². The molecular formula is C13H27NOS. The molecular weight excluding hydrogens is 218 g/mol. The summed E-state index contributed by atoms with van der Waals surface area (Å²) in [5, 5.41) is 0.806. The second kappa shape index (κ2) is 8.37. The van der Waals surface area contributed by atoms with E-state index in [0.717, 1.165) is 30.2 Å². The first-order chi connectivity index (χ1) is 7.81. The van der Waals surface area contributed by atoms with E-state index in [2.05, 4.69) is 18.7 Å². The summed E-state index contributed by atoms with van der Waals surface area (Å²) in [7, 11) is 1.78. The third-order valence-electron chi connectivity index (χ3n) is 3.74. The molecule has 3 atom stereocenters. The van der Waals surface area contributed by atoms with Crippen LogP contribution in [-0.2, 0) is 4.74 Å². The zero-order chi connectivity index (χ0) is 11.8. The van der Waals surface area contributed by atoms with Crippen molar-refractivity contribution in [1.29, 1.82) is 0 Å². The lowest BCUT2D eigenvalue weighted by Gasteiger charge is -2.35. The van der Waals surface area contributed by atoms with Gasteiger partial charge in [-0.1, -0.05) is 19.8 Å². The van der Waals surface area contributed by atoms with Gasteiger partial charge in [-0.3, -0.25) is 0 Å². The van der Waals surface area contributed by atoms with Crippen LogP contribution in [-0.4, -0.2) is 31.3 Å². The van der Waals surface area contributed by atoms with Crippen LogP contribution >= 0.6 is 11.8 Å². The number of methoxy groups -OCH3 is 1. The lowest BCUT2D eigenvalue weighted by atomic mass is 9.80. The molecule has 1 saturated carbocycles. The summed E-state index contributed by atoms with van der Waals surface area (Å²) in [5.41, 5.74) is 5.87. The summed E-state index contributed by atoms with van der Waals surface area (Å²) in [6.45, 7) is 4.09. The van der Waals surface area contributed by atoms with Crippen molar-refractivity contribution in [3.8, 4) is 0 Å². The van der Waals surface area contributed by atoms with Gasteiger partial charge in [-0.05, 0) is 43.4 Å². The van der Waals surface area contributed by atoms with Crippen molar-refractivity contribution in [2.24, 2.45) is 17.6 Å². The van der Waals surface area contributed by atoms with E-state index < -0.39 is 0 Å².